The average Bonchev–Trinajstić information content (AvgIpc) is 2.92. The molecule has 1 aliphatic heterocycles. The Labute approximate surface area is 184 Å². The van der Waals surface area contributed by atoms with Gasteiger partial charge in [0, 0.05) is 5.92 Å². The molecule has 1 heterocycles. The van der Waals surface area contributed by atoms with E-state index in [-0.39, 0.29) is 6.42 Å². The molecule has 0 unspecified atom stereocenters. The van der Waals surface area contributed by atoms with Crippen molar-refractivity contribution < 1.29 is 30.8 Å². The summed E-state index contributed by atoms with van der Waals surface area (Å²) in [6.45, 7) is 2.27. The molecule has 174 valence electrons. The number of nitrogens with one attached hydrogen (secondary N) is 1. The first-order valence-electron chi connectivity index (χ1n) is 9.98. The van der Waals surface area contributed by atoms with Crippen molar-refractivity contribution in [2.75, 3.05) is 12.8 Å². The van der Waals surface area contributed by atoms with Gasteiger partial charge in [-0.25, -0.2) is 30.7 Å². The van der Waals surface area contributed by atoms with Gasteiger partial charge in [0.2, 0.25) is 15.9 Å². The molecule has 2 aromatic carbocycles. The lowest BCUT2D eigenvalue weighted by molar-refractivity contribution is -0.136. The molecule has 0 aromatic heterocycles. The highest BCUT2D eigenvalue weighted by Gasteiger charge is 2.56. The Balaban J connectivity index is 1.98. The molecule has 3 rings (SSSR count). The largest absolute Gasteiger partial charge is 0.331 e. The Bertz CT molecular complexity index is 1120. The standard InChI is InChI=1S/C22H24F4N2O3S/c1-13(2)21(29)28-12-22(25,26)20(27-32(3,30)31)19(28)10-14-5-4-6-15(9-14)16-7-8-17(23)18(24)11-16/h4-9,11,13,19-20,27H,10,12H2,1-3H3/t19-,20+/m0/s1. The van der Waals surface area contributed by atoms with Crippen LogP contribution in [0.25, 0.3) is 11.1 Å². The number of carbonyl (C=O) groups excluding carboxylic acids is 1. The maximum atomic E-state index is 14.8. The SMILES string of the molecule is CC(C)C(=O)N1CC(F)(F)[C@H](NS(C)(=O)=O)[C@@H]1Cc1cccc(-c2ccc(F)c(F)c2)c1. The molecule has 1 N–H and O–H groups in total. The van der Waals surface area contributed by atoms with Crippen LogP contribution in [0, 0.1) is 17.6 Å². The number of hydrogen-bond acceptors (Lipinski definition) is 3. The zero-order valence-electron chi connectivity index (χ0n) is 17.8. The molecule has 1 aliphatic rings. The normalized spacial score (nSPS) is 20.7. The van der Waals surface area contributed by atoms with E-state index in [1.807, 2.05) is 4.72 Å². The van der Waals surface area contributed by atoms with E-state index in [1.165, 1.54) is 6.07 Å². The summed E-state index contributed by atoms with van der Waals surface area (Å²) >= 11 is 0. The first kappa shape index (κ1) is 24.2. The minimum atomic E-state index is -3.98. The fourth-order valence-electron chi connectivity index (χ4n) is 3.90. The van der Waals surface area contributed by atoms with Gasteiger partial charge in [0.05, 0.1) is 18.8 Å². The summed E-state index contributed by atoms with van der Waals surface area (Å²) in [7, 11) is -3.98. The molecular weight excluding hydrogens is 448 g/mol. The van der Waals surface area contributed by atoms with E-state index >= 15 is 0 Å². The molecule has 0 saturated carbocycles. The molecule has 1 saturated heterocycles. The minimum absolute atomic E-state index is 0.0568. The van der Waals surface area contributed by atoms with Gasteiger partial charge < -0.3 is 4.90 Å². The van der Waals surface area contributed by atoms with Crippen molar-refractivity contribution in [3.8, 4) is 11.1 Å². The Morgan fingerprint density at radius 2 is 1.78 bits per heavy atom. The molecule has 0 radical (unpaired) electrons. The molecule has 2 aromatic rings. The monoisotopic (exact) mass is 472 g/mol. The first-order valence-corrected chi connectivity index (χ1v) is 11.9. The van der Waals surface area contributed by atoms with Gasteiger partial charge in [0.1, 0.15) is 6.04 Å². The predicted octanol–water partition coefficient (Wildman–Crippen LogP) is 3.59. The van der Waals surface area contributed by atoms with Crippen molar-refractivity contribution in [2.24, 2.45) is 5.92 Å². The smallest absolute Gasteiger partial charge is 0.283 e. The molecule has 1 amide bonds. The maximum absolute atomic E-state index is 14.8. The third-order valence-corrected chi connectivity index (χ3v) is 6.05. The number of hydrogen-bond donors (Lipinski definition) is 1. The molecule has 10 heteroatoms. The van der Waals surface area contributed by atoms with Gasteiger partial charge in [0.25, 0.3) is 5.92 Å². The lowest BCUT2D eigenvalue weighted by atomic mass is 9.95. The van der Waals surface area contributed by atoms with Crippen LogP contribution in [-0.2, 0) is 21.2 Å². The van der Waals surface area contributed by atoms with Gasteiger partial charge in [0.15, 0.2) is 11.6 Å². The van der Waals surface area contributed by atoms with Crippen LogP contribution in [-0.4, -0.2) is 50.0 Å². The van der Waals surface area contributed by atoms with Crippen LogP contribution in [0.1, 0.15) is 19.4 Å². The number of alkyl halides is 2. The molecule has 0 bridgehead atoms. The fraction of sp³-hybridized carbons (Fsp3) is 0.409. The van der Waals surface area contributed by atoms with E-state index in [0.717, 1.165) is 23.3 Å². The van der Waals surface area contributed by atoms with E-state index in [9.17, 15) is 30.8 Å². The Morgan fingerprint density at radius 3 is 2.38 bits per heavy atom. The Morgan fingerprint density at radius 1 is 1.12 bits per heavy atom. The quantitative estimate of drug-likeness (QED) is 0.654. The second-order valence-electron chi connectivity index (χ2n) is 8.35. The molecule has 0 spiro atoms. The third kappa shape index (κ3) is 5.29. The van der Waals surface area contributed by atoms with E-state index in [0.29, 0.717) is 16.7 Å². The van der Waals surface area contributed by atoms with Crippen LogP contribution in [0.4, 0.5) is 17.6 Å². The van der Waals surface area contributed by atoms with Crippen molar-refractivity contribution in [2.45, 2.75) is 38.3 Å². The van der Waals surface area contributed by atoms with Crippen molar-refractivity contribution in [1.29, 1.82) is 0 Å². The average molecular weight is 473 g/mol. The second-order valence-corrected chi connectivity index (χ2v) is 10.1. The van der Waals surface area contributed by atoms with Crippen LogP contribution in [0.15, 0.2) is 42.5 Å². The third-order valence-electron chi connectivity index (χ3n) is 5.36. The van der Waals surface area contributed by atoms with Crippen LogP contribution in [0.5, 0.6) is 0 Å². The maximum Gasteiger partial charge on any atom is 0.283 e. The minimum Gasteiger partial charge on any atom is -0.331 e. The van der Waals surface area contributed by atoms with Crippen LogP contribution < -0.4 is 4.72 Å². The molecule has 1 fully saturated rings. The molecule has 5 nitrogen and oxygen atoms in total. The highest BCUT2D eigenvalue weighted by molar-refractivity contribution is 7.88. The van der Waals surface area contributed by atoms with Crippen molar-refractivity contribution in [3.63, 3.8) is 0 Å². The highest BCUT2D eigenvalue weighted by atomic mass is 32.2. The van der Waals surface area contributed by atoms with Crippen molar-refractivity contribution in [3.05, 3.63) is 59.7 Å². The molecule has 2 atom stereocenters. The van der Waals surface area contributed by atoms with Gasteiger partial charge in [-0.15, -0.1) is 0 Å². The number of amides is 1. The molecule has 32 heavy (non-hydrogen) atoms. The summed E-state index contributed by atoms with van der Waals surface area (Å²) in [6.07, 6.45) is 0.732. The first-order chi connectivity index (χ1) is 14.8. The summed E-state index contributed by atoms with van der Waals surface area (Å²) in [5.74, 6) is -6.54. The molecule has 0 aliphatic carbocycles. The number of carbonyl (C=O) groups is 1. The molecular formula is C22H24F4N2O3S. The predicted molar refractivity (Wildman–Crippen MR) is 113 cm³/mol. The second kappa shape index (κ2) is 8.82. The van der Waals surface area contributed by atoms with Gasteiger partial charge in [-0.1, -0.05) is 44.2 Å². The summed E-state index contributed by atoms with van der Waals surface area (Å²) in [6, 6.07) is 7.04. The summed E-state index contributed by atoms with van der Waals surface area (Å²) < 4.78 is 82.0. The van der Waals surface area contributed by atoms with E-state index in [2.05, 4.69) is 0 Å². The van der Waals surface area contributed by atoms with Crippen LogP contribution in [0.3, 0.4) is 0 Å². The van der Waals surface area contributed by atoms with Crippen molar-refractivity contribution >= 4 is 15.9 Å². The number of benzene rings is 2. The zero-order chi connectivity index (χ0) is 23.8. The number of nitrogens with zero attached hydrogens (tertiary/aromatic N) is 1. The number of sulfonamides is 1. The Kier molecular flexibility index (Phi) is 6.67. The number of likely N-dealkylation sites (tertiary alicyclic amines) is 1. The van der Waals surface area contributed by atoms with E-state index in [4.69, 9.17) is 0 Å². The zero-order valence-corrected chi connectivity index (χ0v) is 18.6. The van der Waals surface area contributed by atoms with E-state index < -0.39 is 58.0 Å². The summed E-state index contributed by atoms with van der Waals surface area (Å²) in [5, 5.41) is 0. The fourth-order valence-corrected chi connectivity index (χ4v) is 4.69. The number of halogens is 4. The summed E-state index contributed by atoms with van der Waals surface area (Å²) in [4.78, 5) is 13.7. The topological polar surface area (TPSA) is 66.5 Å². The van der Waals surface area contributed by atoms with Gasteiger partial charge in [-0.3, -0.25) is 4.79 Å². The van der Waals surface area contributed by atoms with Crippen LogP contribution in [0.2, 0.25) is 0 Å². The van der Waals surface area contributed by atoms with Gasteiger partial charge in [-0.05, 0) is 35.2 Å². The van der Waals surface area contributed by atoms with Crippen molar-refractivity contribution in [1.82, 2.24) is 9.62 Å². The highest BCUT2D eigenvalue weighted by Crippen LogP contribution is 2.36. The number of rotatable bonds is 6. The Hall–Kier alpha value is -2.46. The lowest BCUT2D eigenvalue weighted by Gasteiger charge is -2.29. The lowest BCUT2D eigenvalue weighted by Crippen LogP contribution is -2.52. The van der Waals surface area contributed by atoms with Gasteiger partial charge in [-0.2, -0.15) is 0 Å². The van der Waals surface area contributed by atoms with Gasteiger partial charge >= 0.3 is 0 Å². The van der Waals surface area contributed by atoms with E-state index in [1.54, 1.807) is 38.1 Å². The summed E-state index contributed by atoms with van der Waals surface area (Å²) in [5.41, 5.74) is 1.46. The van der Waals surface area contributed by atoms with Crippen LogP contribution >= 0.6 is 0 Å².